The van der Waals surface area contributed by atoms with Crippen molar-refractivity contribution in [1.82, 2.24) is 10.6 Å². The Hall–Kier alpha value is -4.19. The molecule has 0 aliphatic carbocycles. The lowest BCUT2D eigenvalue weighted by Gasteiger charge is -2.44. The van der Waals surface area contributed by atoms with E-state index >= 15 is 0 Å². The van der Waals surface area contributed by atoms with E-state index in [1.165, 1.54) is 60.7 Å². The minimum absolute atomic E-state index is 0.0496. The van der Waals surface area contributed by atoms with Crippen LogP contribution in [0.15, 0.2) is 65.1 Å². The Morgan fingerprint density at radius 2 is 1.83 bits per heavy atom. The lowest BCUT2D eigenvalue weighted by atomic mass is 9.77. The molecule has 9 nitrogen and oxygen atoms in total. The van der Waals surface area contributed by atoms with Crippen LogP contribution in [0.5, 0.6) is 0 Å². The molecule has 1 saturated heterocycles. The maximum atomic E-state index is 13.6. The van der Waals surface area contributed by atoms with Crippen molar-refractivity contribution in [2.45, 2.75) is 24.9 Å². The van der Waals surface area contributed by atoms with E-state index in [1.54, 1.807) is 6.92 Å². The van der Waals surface area contributed by atoms with E-state index < -0.39 is 40.6 Å². The summed E-state index contributed by atoms with van der Waals surface area (Å²) < 4.78 is 46.6. The smallest absolute Gasteiger partial charge is 0.450 e. The van der Waals surface area contributed by atoms with Gasteiger partial charge in [-0.2, -0.15) is 13.2 Å². The van der Waals surface area contributed by atoms with E-state index in [-0.39, 0.29) is 28.3 Å². The molecule has 3 aromatic rings. The van der Waals surface area contributed by atoms with E-state index in [1.807, 2.05) is 0 Å². The van der Waals surface area contributed by atoms with Crippen LogP contribution >= 0.6 is 0 Å². The number of furan rings is 1. The number of hydrogen-bond donors (Lipinski definition) is 3. The maximum absolute atomic E-state index is 13.6. The average molecular weight is 489 g/mol. The highest BCUT2D eigenvalue weighted by Gasteiger charge is 2.60. The van der Waals surface area contributed by atoms with Crippen LogP contribution in [-0.2, 0) is 10.5 Å². The second kappa shape index (κ2) is 8.55. The Labute approximate surface area is 195 Å². The van der Waals surface area contributed by atoms with E-state index in [9.17, 15) is 38.0 Å². The van der Waals surface area contributed by atoms with Crippen LogP contribution in [0.1, 0.15) is 22.9 Å². The van der Waals surface area contributed by atoms with E-state index in [2.05, 4.69) is 10.6 Å². The largest absolute Gasteiger partial charge is 0.459 e. The van der Waals surface area contributed by atoms with E-state index in [0.29, 0.717) is 0 Å². The van der Waals surface area contributed by atoms with E-state index in [4.69, 9.17) is 4.42 Å². The number of carbonyl (C=O) groups is 2. The fourth-order valence-corrected chi connectivity index (χ4v) is 4.01. The minimum atomic E-state index is -5.35. The van der Waals surface area contributed by atoms with Gasteiger partial charge in [0.05, 0.1) is 4.92 Å². The Balaban J connectivity index is 1.81. The van der Waals surface area contributed by atoms with Crippen molar-refractivity contribution in [2.75, 3.05) is 0 Å². The van der Waals surface area contributed by atoms with Gasteiger partial charge in [0, 0.05) is 23.3 Å². The maximum Gasteiger partial charge on any atom is 0.450 e. The second-order valence-electron chi connectivity index (χ2n) is 8.06. The lowest BCUT2D eigenvalue weighted by Crippen LogP contribution is -2.66. The Kier molecular flexibility index (Phi) is 5.85. The summed E-state index contributed by atoms with van der Waals surface area (Å²) in [6.45, 7) is 1.72. The first-order chi connectivity index (χ1) is 16.4. The number of non-ortho nitro benzene ring substituents is 1. The quantitative estimate of drug-likeness (QED) is 0.365. The number of amides is 2. The molecule has 2 amide bonds. The molecule has 12 heteroatoms. The number of ketones is 1. The van der Waals surface area contributed by atoms with Crippen molar-refractivity contribution < 1.29 is 37.2 Å². The lowest BCUT2D eigenvalue weighted by molar-refractivity contribution is -0.384. The van der Waals surface area contributed by atoms with Crippen molar-refractivity contribution in [3.63, 3.8) is 0 Å². The summed E-state index contributed by atoms with van der Waals surface area (Å²) >= 11 is 0. The molecule has 2 heterocycles. The van der Waals surface area contributed by atoms with Crippen molar-refractivity contribution in [2.24, 2.45) is 5.92 Å². The molecule has 1 fully saturated rings. The number of aliphatic hydroxyl groups is 1. The number of nitrogens with zero attached hydrogens (tertiary/aromatic N) is 1. The zero-order valence-electron chi connectivity index (χ0n) is 18.0. The fraction of sp³-hybridized carbons (Fsp3) is 0.217. The Morgan fingerprint density at radius 1 is 1.14 bits per heavy atom. The SMILES string of the molecule is Cc1ccc([C@]2(O)NC(=O)N[C@H](c3ccc(-c4cccc([N+](=O)[O-])c4)o3)[C@@H]2C(=O)C(F)(F)F)cc1. The van der Waals surface area contributed by atoms with Gasteiger partial charge in [-0.25, -0.2) is 4.79 Å². The summed E-state index contributed by atoms with van der Waals surface area (Å²) in [4.78, 5) is 35.4. The van der Waals surface area contributed by atoms with Gasteiger partial charge in [0.2, 0.25) is 5.78 Å². The van der Waals surface area contributed by atoms with Gasteiger partial charge in [-0.1, -0.05) is 42.0 Å². The van der Waals surface area contributed by atoms with Gasteiger partial charge in [-0.15, -0.1) is 0 Å². The summed E-state index contributed by atoms with van der Waals surface area (Å²) in [5.41, 5.74) is -2.10. The third-order valence-corrected chi connectivity index (χ3v) is 5.70. The summed E-state index contributed by atoms with van der Waals surface area (Å²) in [5, 5.41) is 26.7. The van der Waals surface area contributed by atoms with Gasteiger partial charge in [-0.3, -0.25) is 14.9 Å². The van der Waals surface area contributed by atoms with Gasteiger partial charge < -0.3 is 20.2 Å². The van der Waals surface area contributed by atoms with Crippen LogP contribution in [-0.4, -0.2) is 28.0 Å². The number of nitrogens with one attached hydrogen (secondary N) is 2. The number of aryl methyl sites for hydroxylation is 1. The highest BCUT2D eigenvalue weighted by atomic mass is 19.4. The van der Waals surface area contributed by atoms with Crippen LogP contribution < -0.4 is 10.6 Å². The van der Waals surface area contributed by atoms with Crippen molar-refractivity contribution in [3.05, 3.63) is 87.7 Å². The molecule has 0 bridgehead atoms. The third-order valence-electron chi connectivity index (χ3n) is 5.70. The number of carbonyl (C=O) groups excluding carboxylic acids is 2. The molecule has 0 unspecified atom stereocenters. The van der Waals surface area contributed by atoms with Crippen molar-refractivity contribution >= 4 is 17.5 Å². The molecule has 1 aromatic heterocycles. The molecule has 4 rings (SSSR count). The highest BCUT2D eigenvalue weighted by Crippen LogP contribution is 2.44. The molecular formula is C23H18F3N3O6. The van der Waals surface area contributed by atoms with Crippen LogP contribution in [0.4, 0.5) is 23.7 Å². The van der Waals surface area contributed by atoms with Gasteiger partial charge in [0.15, 0.2) is 5.72 Å². The summed E-state index contributed by atoms with van der Waals surface area (Å²) in [6.07, 6.45) is -5.35. The Morgan fingerprint density at radius 3 is 2.46 bits per heavy atom. The predicted molar refractivity (Wildman–Crippen MR) is 115 cm³/mol. The van der Waals surface area contributed by atoms with Crippen molar-refractivity contribution in [3.8, 4) is 11.3 Å². The molecule has 3 atom stereocenters. The number of hydrogen-bond acceptors (Lipinski definition) is 6. The summed E-state index contributed by atoms with van der Waals surface area (Å²) in [7, 11) is 0. The highest BCUT2D eigenvalue weighted by molar-refractivity contribution is 5.91. The monoisotopic (exact) mass is 489 g/mol. The Bertz CT molecular complexity index is 1300. The van der Waals surface area contributed by atoms with Gasteiger partial charge >= 0.3 is 12.2 Å². The molecule has 1 aliphatic heterocycles. The molecule has 2 aromatic carbocycles. The molecule has 0 radical (unpaired) electrons. The first-order valence-corrected chi connectivity index (χ1v) is 10.2. The first-order valence-electron chi connectivity index (χ1n) is 10.2. The summed E-state index contributed by atoms with van der Waals surface area (Å²) in [5.74, 6) is -4.75. The number of rotatable bonds is 5. The number of Topliss-reactive ketones (excluding diaryl/α,β-unsaturated/α-hetero) is 1. The predicted octanol–water partition coefficient (Wildman–Crippen LogP) is 4.11. The number of urea groups is 1. The van der Waals surface area contributed by atoms with Crippen LogP contribution in [0.25, 0.3) is 11.3 Å². The molecule has 182 valence electrons. The molecule has 3 N–H and O–H groups in total. The molecule has 0 spiro atoms. The number of alkyl halides is 3. The summed E-state index contributed by atoms with van der Waals surface area (Å²) in [6, 6.07) is 10.8. The average Bonchev–Trinajstić information content (AvgIpc) is 3.28. The van der Waals surface area contributed by atoms with Crippen molar-refractivity contribution in [1.29, 1.82) is 0 Å². The standard InChI is InChI=1S/C23H18F3N3O6/c1-12-5-7-14(8-6-12)22(32)18(20(30)23(24,25)26)19(27-21(31)28-22)17-10-9-16(35-17)13-3-2-4-15(11-13)29(33)34/h2-11,18-19,32H,1H3,(H2,27,28,31)/t18-,19-,22-/m1/s1. The van der Waals surface area contributed by atoms with Crippen LogP contribution in [0.2, 0.25) is 0 Å². The normalized spacial score (nSPS) is 22.3. The van der Waals surface area contributed by atoms with Gasteiger partial charge in [0.25, 0.3) is 5.69 Å². The first kappa shape index (κ1) is 24.0. The number of nitro benzene ring substituents is 1. The number of nitro groups is 1. The van der Waals surface area contributed by atoms with Crippen LogP contribution in [0, 0.1) is 23.0 Å². The van der Waals surface area contributed by atoms with Crippen LogP contribution in [0.3, 0.4) is 0 Å². The number of halogens is 3. The minimum Gasteiger partial charge on any atom is -0.459 e. The molecule has 1 aliphatic rings. The fourth-order valence-electron chi connectivity index (χ4n) is 4.01. The van der Waals surface area contributed by atoms with E-state index in [0.717, 1.165) is 5.56 Å². The number of benzene rings is 2. The zero-order chi connectivity index (χ0) is 25.5. The topological polar surface area (TPSA) is 135 Å². The zero-order valence-corrected chi connectivity index (χ0v) is 18.0. The van der Waals surface area contributed by atoms with Gasteiger partial charge in [-0.05, 0) is 19.1 Å². The second-order valence-corrected chi connectivity index (χ2v) is 8.06. The molecule has 35 heavy (non-hydrogen) atoms. The van der Waals surface area contributed by atoms with Gasteiger partial charge in [0.1, 0.15) is 23.5 Å². The molecule has 0 saturated carbocycles. The third kappa shape index (κ3) is 4.47. The molecular weight excluding hydrogens is 471 g/mol.